The fourth-order valence-electron chi connectivity index (χ4n) is 7.83. The molecule has 0 fully saturated rings. The number of aliphatic hydroxyl groups is 5. The number of benzene rings is 2. The topological polar surface area (TPSA) is 295 Å². The molecule has 0 bridgehead atoms. The number of carbonyl (C=O) groups is 3. The third kappa shape index (κ3) is 6.52. The molecular formula is C35H38F2N8O10. The number of aliphatic hydroxyl groups excluding tert-OH is 3. The van der Waals surface area contributed by atoms with E-state index in [-0.39, 0.29) is 35.4 Å². The lowest BCUT2D eigenvalue weighted by molar-refractivity contribution is -0.162. The second kappa shape index (κ2) is 14.7. The van der Waals surface area contributed by atoms with Crippen LogP contribution in [0.25, 0.3) is 0 Å². The molecule has 3 aliphatic rings. The fraction of sp³-hybridized carbons (Fsp3) is 0.343. The van der Waals surface area contributed by atoms with Gasteiger partial charge in [0.25, 0.3) is 5.91 Å². The minimum absolute atomic E-state index is 0. The molecule has 292 valence electrons. The minimum atomic E-state index is -2.89. The Balaban J connectivity index is 0.000000221. The maximum Gasteiger partial charge on any atom is 0.255 e. The van der Waals surface area contributed by atoms with Gasteiger partial charge in [0.1, 0.15) is 65.4 Å². The minimum Gasteiger partial charge on any atom is -0.510 e. The first kappa shape index (κ1) is 40.3. The van der Waals surface area contributed by atoms with Crippen molar-refractivity contribution in [2.45, 2.75) is 49.3 Å². The van der Waals surface area contributed by atoms with Crippen LogP contribution in [0.3, 0.4) is 0 Å². The summed E-state index contributed by atoms with van der Waals surface area (Å²) in [6, 6.07) is 6.19. The first-order chi connectivity index (χ1) is 25.4. The van der Waals surface area contributed by atoms with E-state index in [1.807, 2.05) is 0 Å². The molecule has 0 saturated carbocycles. The van der Waals surface area contributed by atoms with Crippen molar-refractivity contribution in [3.8, 4) is 5.75 Å². The predicted octanol–water partition coefficient (Wildman–Crippen LogP) is -0.436. The fourth-order valence-corrected chi connectivity index (χ4v) is 7.83. The summed E-state index contributed by atoms with van der Waals surface area (Å²) in [7, 11) is 2.98. The largest absolute Gasteiger partial charge is 0.510 e. The smallest absolute Gasteiger partial charge is 0.255 e. The zero-order valence-corrected chi connectivity index (χ0v) is 29.4. The van der Waals surface area contributed by atoms with Gasteiger partial charge < -0.3 is 41.8 Å². The van der Waals surface area contributed by atoms with Gasteiger partial charge in [0.2, 0.25) is 5.78 Å². The number of nitrogens with two attached hydrogens (primary N) is 1. The summed E-state index contributed by atoms with van der Waals surface area (Å²) < 4.78 is 29.9. The van der Waals surface area contributed by atoms with Gasteiger partial charge in [-0.2, -0.15) is 10.2 Å². The number of hydrogen-bond acceptors (Lipinski definition) is 14. The number of aromatic hydroxyl groups is 1. The lowest BCUT2D eigenvalue weighted by atomic mass is 9.55. The quantitative estimate of drug-likeness (QED) is 0.117. The molecule has 2 heterocycles. The Morgan fingerprint density at radius 3 is 2.13 bits per heavy atom. The van der Waals surface area contributed by atoms with Crippen molar-refractivity contribution >= 4 is 17.5 Å². The third-order valence-corrected chi connectivity index (χ3v) is 10.2. The molecule has 0 spiro atoms. The number of halogens is 2. The van der Waals surface area contributed by atoms with E-state index < -0.39 is 92.9 Å². The average Bonchev–Trinajstić information content (AvgIpc) is 3.81. The van der Waals surface area contributed by atoms with E-state index in [4.69, 9.17) is 5.73 Å². The molecule has 0 saturated heterocycles. The highest BCUT2D eigenvalue weighted by Gasteiger charge is 2.67. The number of carbonyl (C=O) groups excluding carboxylic acids is 3. The lowest BCUT2D eigenvalue weighted by Crippen LogP contribution is -2.68. The number of ketones is 2. The van der Waals surface area contributed by atoms with E-state index in [1.165, 1.54) is 65.8 Å². The molecule has 6 atom stereocenters. The standard InChI is InChI=1S/C22H24N2O8.C13H12F2N6O.H2O/c1-7-8-5-4-6-9(25)11(8)16(26)12-10(7)17(27)14-15(24(2)3)18(28)13(21(23)31)20(30)22(14,32)19(12)29;14-10-1-2-11(12(15)3-10)13(22,4-20-8-16-6-18-20)5-21-9-17-7-19-21;/h4-7,10,14-15,17,25,27-29,32H,1-3H3,(H2,23,31);1-3,6-9,22H,4-5H2;1H2/t7-,10+,14+,15-,17-,22-;;/m0../s1. The van der Waals surface area contributed by atoms with Crippen LogP contribution in [0.15, 0.2) is 84.4 Å². The first-order valence-corrected chi connectivity index (χ1v) is 16.4. The van der Waals surface area contributed by atoms with Crippen LogP contribution in [0.4, 0.5) is 8.78 Å². The number of nitrogens with zero attached hydrogens (tertiary/aromatic N) is 7. The van der Waals surface area contributed by atoms with E-state index in [1.54, 1.807) is 19.1 Å². The molecule has 10 N–H and O–H groups in total. The van der Waals surface area contributed by atoms with E-state index in [9.17, 15) is 53.8 Å². The summed E-state index contributed by atoms with van der Waals surface area (Å²) in [6.07, 6.45) is 3.81. The van der Waals surface area contributed by atoms with Crippen LogP contribution in [-0.4, -0.2) is 120 Å². The molecule has 1 amide bonds. The molecule has 0 radical (unpaired) electrons. The maximum absolute atomic E-state index is 14.1. The highest BCUT2D eigenvalue weighted by atomic mass is 19.1. The Morgan fingerprint density at radius 2 is 1.62 bits per heavy atom. The highest BCUT2D eigenvalue weighted by molar-refractivity contribution is 6.25. The zero-order valence-electron chi connectivity index (χ0n) is 29.4. The van der Waals surface area contributed by atoms with Crippen molar-refractivity contribution in [1.29, 1.82) is 0 Å². The zero-order chi connectivity index (χ0) is 39.4. The number of amides is 1. The monoisotopic (exact) mass is 768 g/mol. The summed E-state index contributed by atoms with van der Waals surface area (Å²) in [6.45, 7) is 1.53. The number of likely N-dealkylation sites (N-methyl/N-ethyl adjacent to an activating group) is 1. The van der Waals surface area contributed by atoms with Crippen LogP contribution >= 0.6 is 0 Å². The second-order valence-corrected chi connectivity index (χ2v) is 13.6. The Hall–Kier alpha value is -5.93. The molecule has 20 heteroatoms. The van der Waals surface area contributed by atoms with Crippen molar-refractivity contribution in [3.05, 3.63) is 113 Å². The lowest BCUT2D eigenvalue weighted by Gasteiger charge is -2.53. The van der Waals surface area contributed by atoms with Crippen LogP contribution in [0.1, 0.15) is 34.3 Å². The molecule has 0 unspecified atom stereocenters. The Kier molecular flexibility index (Phi) is 10.8. The molecule has 2 aromatic carbocycles. The molecular weight excluding hydrogens is 730 g/mol. The van der Waals surface area contributed by atoms with Gasteiger partial charge in [0, 0.05) is 23.1 Å². The Labute approximate surface area is 310 Å². The second-order valence-electron chi connectivity index (χ2n) is 13.6. The van der Waals surface area contributed by atoms with Crippen LogP contribution in [0.5, 0.6) is 5.75 Å². The molecule has 0 aliphatic heterocycles. The van der Waals surface area contributed by atoms with Crippen LogP contribution in [-0.2, 0) is 28.3 Å². The Morgan fingerprint density at radius 1 is 1.02 bits per heavy atom. The molecule has 2 aromatic heterocycles. The van der Waals surface area contributed by atoms with Gasteiger partial charge in [0.15, 0.2) is 11.4 Å². The van der Waals surface area contributed by atoms with Gasteiger partial charge in [-0.25, -0.2) is 28.1 Å². The van der Waals surface area contributed by atoms with Gasteiger partial charge in [-0.3, -0.25) is 19.3 Å². The molecule has 18 nitrogen and oxygen atoms in total. The summed E-state index contributed by atoms with van der Waals surface area (Å²) in [5.41, 5.74) is -0.388. The van der Waals surface area contributed by atoms with Crippen molar-refractivity contribution in [3.63, 3.8) is 0 Å². The van der Waals surface area contributed by atoms with E-state index >= 15 is 0 Å². The van der Waals surface area contributed by atoms with E-state index in [0.717, 1.165) is 12.1 Å². The number of aromatic nitrogens is 6. The Bertz CT molecular complexity index is 2160. The highest BCUT2D eigenvalue weighted by Crippen LogP contribution is 2.55. The number of phenols is 1. The number of primary amides is 1. The number of hydrogen-bond donors (Lipinski definition) is 7. The van der Waals surface area contributed by atoms with Crippen LogP contribution in [0.2, 0.25) is 0 Å². The van der Waals surface area contributed by atoms with E-state index in [0.29, 0.717) is 5.56 Å². The number of phenolic OH excluding ortho intramolecular Hbond substituents is 1. The van der Waals surface area contributed by atoms with Gasteiger partial charge in [0.05, 0.1) is 36.7 Å². The first-order valence-electron chi connectivity index (χ1n) is 16.4. The van der Waals surface area contributed by atoms with E-state index in [2.05, 4.69) is 20.2 Å². The molecule has 4 aromatic rings. The molecule has 7 rings (SSSR count). The predicted molar refractivity (Wildman–Crippen MR) is 184 cm³/mol. The number of Topliss-reactive ketones (excluding diaryl/α,β-unsaturated/α-hetero) is 2. The van der Waals surface area contributed by atoms with Crippen LogP contribution in [0, 0.1) is 23.5 Å². The van der Waals surface area contributed by atoms with Gasteiger partial charge in [-0.1, -0.05) is 25.1 Å². The third-order valence-electron chi connectivity index (χ3n) is 10.2. The van der Waals surface area contributed by atoms with Gasteiger partial charge >= 0.3 is 0 Å². The molecule has 55 heavy (non-hydrogen) atoms. The van der Waals surface area contributed by atoms with Gasteiger partial charge in [-0.15, -0.1) is 0 Å². The van der Waals surface area contributed by atoms with Crippen molar-refractivity contribution in [2.75, 3.05) is 14.1 Å². The number of fused-ring (bicyclic) bond motifs is 3. The van der Waals surface area contributed by atoms with Crippen molar-refractivity contribution < 1.29 is 59.3 Å². The summed E-state index contributed by atoms with van der Waals surface area (Å²) in [5.74, 6) is -10.4. The maximum atomic E-state index is 14.1. The van der Waals surface area contributed by atoms with Crippen molar-refractivity contribution in [2.24, 2.45) is 17.6 Å². The van der Waals surface area contributed by atoms with Gasteiger partial charge in [-0.05, 0) is 37.7 Å². The SMILES string of the molecule is C[C@H]1c2cccc(O)c2C(=O)C2=C(O)[C@]3(O)C(=O)C(C(N)=O)=C(O)[C@@H](N(C)C)[C@@H]3[C@@H](O)[C@@H]21.O.OC(Cn1cncn1)(Cn1cncn1)c1ccc(F)cc1F. The summed E-state index contributed by atoms with van der Waals surface area (Å²) >= 11 is 0. The number of rotatable bonds is 7. The average molecular weight is 769 g/mol. The molecule has 3 aliphatic carbocycles. The van der Waals surface area contributed by atoms with Crippen molar-refractivity contribution in [1.82, 2.24) is 34.4 Å². The normalized spacial score (nSPS) is 24.7. The summed E-state index contributed by atoms with van der Waals surface area (Å²) in [4.78, 5) is 47.4. The summed E-state index contributed by atoms with van der Waals surface area (Å²) in [5, 5.41) is 73.8. The van der Waals surface area contributed by atoms with Crippen LogP contribution < -0.4 is 5.73 Å².